The molecule has 0 bridgehead atoms. The SMILES string of the molecule is O=C1Cc2cc(-c3nn[nH]n3)ccc2N1. The lowest BCUT2D eigenvalue weighted by atomic mass is 10.1. The summed E-state index contributed by atoms with van der Waals surface area (Å²) < 4.78 is 0. The molecule has 2 heterocycles. The van der Waals surface area contributed by atoms with Crippen molar-refractivity contribution in [3.05, 3.63) is 23.8 Å². The van der Waals surface area contributed by atoms with Crippen molar-refractivity contribution < 1.29 is 4.79 Å². The number of hydrogen-bond acceptors (Lipinski definition) is 4. The number of amides is 1. The van der Waals surface area contributed by atoms with Crippen molar-refractivity contribution in [3.63, 3.8) is 0 Å². The number of hydrogen-bond donors (Lipinski definition) is 2. The molecule has 0 aliphatic carbocycles. The molecule has 3 rings (SSSR count). The molecule has 0 saturated heterocycles. The summed E-state index contributed by atoms with van der Waals surface area (Å²) in [5, 5.41) is 16.4. The van der Waals surface area contributed by atoms with Gasteiger partial charge in [0, 0.05) is 11.3 Å². The Kier molecular flexibility index (Phi) is 1.55. The highest BCUT2D eigenvalue weighted by Gasteiger charge is 2.18. The third-order valence-electron chi connectivity index (χ3n) is 2.33. The number of nitrogens with zero attached hydrogens (tertiary/aromatic N) is 3. The van der Waals surface area contributed by atoms with Gasteiger partial charge in [-0.1, -0.05) is 0 Å². The molecule has 6 heteroatoms. The van der Waals surface area contributed by atoms with Gasteiger partial charge in [-0.15, -0.1) is 10.2 Å². The first kappa shape index (κ1) is 8.10. The molecular weight excluding hydrogens is 194 g/mol. The summed E-state index contributed by atoms with van der Waals surface area (Å²) in [7, 11) is 0. The lowest BCUT2D eigenvalue weighted by molar-refractivity contribution is -0.115. The molecule has 1 aromatic heterocycles. The summed E-state index contributed by atoms with van der Waals surface area (Å²) in [6, 6.07) is 5.61. The van der Waals surface area contributed by atoms with E-state index in [1.54, 1.807) is 0 Å². The van der Waals surface area contributed by atoms with Gasteiger partial charge in [0.05, 0.1) is 6.42 Å². The van der Waals surface area contributed by atoms with Crippen molar-refractivity contribution in [1.29, 1.82) is 0 Å². The molecule has 74 valence electrons. The Morgan fingerprint density at radius 1 is 1.33 bits per heavy atom. The van der Waals surface area contributed by atoms with Crippen LogP contribution in [0.1, 0.15) is 5.56 Å². The second-order valence-corrected chi connectivity index (χ2v) is 3.33. The summed E-state index contributed by atoms with van der Waals surface area (Å²) in [5.41, 5.74) is 2.70. The monoisotopic (exact) mass is 201 g/mol. The van der Waals surface area contributed by atoms with E-state index in [1.165, 1.54) is 0 Å². The zero-order chi connectivity index (χ0) is 10.3. The van der Waals surface area contributed by atoms with Crippen LogP contribution in [-0.4, -0.2) is 26.5 Å². The highest BCUT2D eigenvalue weighted by molar-refractivity contribution is 5.99. The molecule has 1 aliphatic rings. The molecule has 1 amide bonds. The topological polar surface area (TPSA) is 83.6 Å². The molecule has 0 atom stereocenters. The van der Waals surface area contributed by atoms with E-state index in [4.69, 9.17) is 0 Å². The summed E-state index contributed by atoms with van der Waals surface area (Å²) >= 11 is 0. The molecule has 1 aliphatic heterocycles. The fourth-order valence-electron chi connectivity index (χ4n) is 1.65. The number of rotatable bonds is 1. The van der Waals surface area contributed by atoms with Gasteiger partial charge < -0.3 is 5.32 Å². The fourth-order valence-corrected chi connectivity index (χ4v) is 1.65. The van der Waals surface area contributed by atoms with E-state index in [0.29, 0.717) is 12.2 Å². The Morgan fingerprint density at radius 2 is 2.27 bits per heavy atom. The smallest absolute Gasteiger partial charge is 0.228 e. The van der Waals surface area contributed by atoms with E-state index in [2.05, 4.69) is 25.9 Å². The van der Waals surface area contributed by atoms with Gasteiger partial charge in [-0.3, -0.25) is 4.79 Å². The number of fused-ring (bicyclic) bond motifs is 1. The highest BCUT2D eigenvalue weighted by Crippen LogP contribution is 2.26. The van der Waals surface area contributed by atoms with E-state index in [0.717, 1.165) is 16.8 Å². The molecule has 2 aromatic rings. The maximum absolute atomic E-state index is 11.1. The van der Waals surface area contributed by atoms with Crippen LogP contribution in [0.15, 0.2) is 18.2 Å². The average Bonchev–Trinajstić information content (AvgIpc) is 2.82. The molecule has 1 aromatic carbocycles. The molecule has 0 unspecified atom stereocenters. The van der Waals surface area contributed by atoms with Gasteiger partial charge in [0.25, 0.3) is 0 Å². The van der Waals surface area contributed by atoms with Gasteiger partial charge in [0.2, 0.25) is 11.7 Å². The number of aromatic amines is 1. The molecular formula is C9H7N5O. The van der Waals surface area contributed by atoms with E-state index >= 15 is 0 Å². The number of aromatic nitrogens is 4. The summed E-state index contributed by atoms with van der Waals surface area (Å²) in [5.74, 6) is 0.562. The fraction of sp³-hybridized carbons (Fsp3) is 0.111. The Balaban J connectivity index is 2.07. The van der Waals surface area contributed by atoms with Gasteiger partial charge in [-0.25, -0.2) is 0 Å². The largest absolute Gasteiger partial charge is 0.326 e. The second-order valence-electron chi connectivity index (χ2n) is 3.33. The maximum Gasteiger partial charge on any atom is 0.228 e. The molecule has 0 fully saturated rings. The normalized spacial score (nSPS) is 13.7. The first-order valence-corrected chi connectivity index (χ1v) is 4.49. The third-order valence-corrected chi connectivity index (χ3v) is 2.33. The van der Waals surface area contributed by atoms with Gasteiger partial charge >= 0.3 is 0 Å². The predicted molar refractivity (Wildman–Crippen MR) is 51.9 cm³/mol. The Bertz CT molecular complexity index is 519. The summed E-state index contributed by atoms with van der Waals surface area (Å²) in [6.07, 6.45) is 0.418. The van der Waals surface area contributed by atoms with E-state index in [9.17, 15) is 4.79 Å². The van der Waals surface area contributed by atoms with Gasteiger partial charge in [0.1, 0.15) is 0 Å². The number of H-pyrrole nitrogens is 1. The minimum atomic E-state index is 0.0234. The predicted octanol–water partition coefficient (Wildman–Crippen LogP) is 0.361. The number of carbonyl (C=O) groups excluding carboxylic acids is 1. The summed E-state index contributed by atoms with van der Waals surface area (Å²) in [4.78, 5) is 11.1. The summed E-state index contributed by atoms with van der Waals surface area (Å²) in [6.45, 7) is 0. The van der Waals surface area contributed by atoms with Crippen LogP contribution in [0.4, 0.5) is 5.69 Å². The van der Waals surface area contributed by atoms with E-state index < -0.39 is 0 Å². The van der Waals surface area contributed by atoms with Crippen LogP contribution in [0.2, 0.25) is 0 Å². The van der Waals surface area contributed by atoms with Crippen molar-refractivity contribution in [2.45, 2.75) is 6.42 Å². The maximum atomic E-state index is 11.1. The Morgan fingerprint density at radius 3 is 3.07 bits per heavy atom. The van der Waals surface area contributed by atoms with E-state index in [-0.39, 0.29) is 5.91 Å². The van der Waals surface area contributed by atoms with Crippen molar-refractivity contribution >= 4 is 11.6 Å². The Labute approximate surface area is 84.7 Å². The van der Waals surface area contributed by atoms with Crippen LogP contribution >= 0.6 is 0 Å². The quantitative estimate of drug-likeness (QED) is 0.697. The molecule has 0 saturated carbocycles. The molecule has 15 heavy (non-hydrogen) atoms. The number of tetrazole rings is 1. The van der Waals surface area contributed by atoms with Gasteiger partial charge in [-0.2, -0.15) is 5.21 Å². The number of benzene rings is 1. The second kappa shape index (κ2) is 2.88. The number of anilines is 1. The van der Waals surface area contributed by atoms with Crippen molar-refractivity contribution in [1.82, 2.24) is 20.6 Å². The van der Waals surface area contributed by atoms with Crippen LogP contribution in [0.3, 0.4) is 0 Å². The van der Waals surface area contributed by atoms with Crippen LogP contribution in [0.5, 0.6) is 0 Å². The van der Waals surface area contributed by atoms with Crippen LogP contribution in [0, 0.1) is 0 Å². The molecule has 0 spiro atoms. The van der Waals surface area contributed by atoms with Gasteiger partial charge in [-0.05, 0) is 29.0 Å². The zero-order valence-electron chi connectivity index (χ0n) is 7.69. The van der Waals surface area contributed by atoms with Crippen molar-refractivity contribution in [3.8, 4) is 11.4 Å². The molecule has 2 N–H and O–H groups in total. The van der Waals surface area contributed by atoms with Crippen LogP contribution < -0.4 is 5.32 Å². The standard InChI is InChI=1S/C9H7N5O/c15-8-4-6-3-5(1-2-7(6)10-8)9-11-13-14-12-9/h1-3H,4H2,(H,10,15)(H,11,12,13,14). The van der Waals surface area contributed by atoms with Crippen LogP contribution in [-0.2, 0) is 11.2 Å². The number of carbonyl (C=O) groups is 1. The number of nitrogens with one attached hydrogen (secondary N) is 2. The lowest BCUT2D eigenvalue weighted by Gasteiger charge is -1.99. The minimum absolute atomic E-state index is 0.0234. The zero-order valence-corrected chi connectivity index (χ0v) is 7.69. The van der Waals surface area contributed by atoms with Crippen molar-refractivity contribution in [2.75, 3.05) is 5.32 Å². The lowest BCUT2D eigenvalue weighted by Crippen LogP contribution is -2.03. The first-order valence-electron chi connectivity index (χ1n) is 4.49. The first-order chi connectivity index (χ1) is 7.33. The molecule has 6 nitrogen and oxygen atoms in total. The third kappa shape index (κ3) is 1.26. The Hall–Kier alpha value is -2.24. The molecule has 0 radical (unpaired) electrons. The average molecular weight is 201 g/mol. The highest BCUT2D eigenvalue weighted by atomic mass is 16.1. The van der Waals surface area contributed by atoms with Crippen molar-refractivity contribution in [2.24, 2.45) is 0 Å². The minimum Gasteiger partial charge on any atom is -0.326 e. The van der Waals surface area contributed by atoms with Gasteiger partial charge in [0.15, 0.2) is 0 Å². The van der Waals surface area contributed by atoms with Crippen LogP contribution in [0.25, 0.3) is 11.4 Å². The van der Waals surface area contributed by atoms with E-state index in [1.807, 2.05) is 18.2 Å².